The highest BCUT2D eigenvalue weighted by molar-refractivity contribution is 5.03. The minimum absolute atomic E-state index is 0. The molecule has 1 aliphatic rings. The molecule has 0 aliphatic carbocycles. The minimum atomic E-state index is 0. The lowest BCUT2D eigenvalue weighted by Gasteiger charge is -2.06. The van der Waals surface area contributed by atoms with Crippen LogP contribution >= 0.6 is 0 Å². The number of aryl methyl sites for hydroxylation is 1. The summed E-state index contributed by atoms with van der Waals surface area (Å²) in [5.41, 5.74) is 2.15. The molecule has 1 fully saturated rings. The molecule has 1 atom stereocenters. The van der Waals surface area contributed by atoms with Crippen LogP contribution in [0.25, 0.3) is 0 Å². The fourth-order valence-corrected chi connectivity index (χ4v) is 1.80. The summed E-state index contributed by atoms with van der Waals surface area (Å²) < 4.78 is 0. The van der Waals surface area contributed by atoms with E-state index in [2.05, 4.69) is 15.3 Å². The molecule has 0 radical (unpaired) electrons. The second-order valence-electron chi connectivity index (χ2n) is 3.71. The van der Waals surface area contributed by atoms with Crippen molar-refractivity contribution in [2.24, 2.45) is 5.92 Å². The number of hydrogen-bond acceptors (Lipinski definition) is 3. The van der Waals surface area contributed by atoms with Gasteiger partial charge in [0.15, 0.2) is 0 Å². The van der Waals surface area contributed by atoms with Crippen LogP contribution in [0.4, 0.5) is 0 Å². The molecule has 1 saturated heterocycles. The molecule has 2 heterocycles. The molecule has 14 heavy (non-hydrogen) atoms. The Kier molecular flexibility index (Phi) is 4.01. The van der Waals surface area contributed by atoms with Crippen LogP contribution in [0.2, 0.25) is 0 Å². The predicted molar refractivity (Wildman–Crippen MR) is 58.2 cm³/mol. The van der Waals surface area contributed by atoms with Crippen LogP contribution in [0.15, 0.2) is 12.4 Å². The van der Waals surface area contributed by atoms with Crippen molar-refractivity contribution < 1.29 is 0 Å². The molecular weight excluding hydrogens is 174 g/mol. The SMILES string of the molecule is C.Cc1cncc(CC2CCNC2)n1. The van der Waals surface area contributed by atoms with Crippen LogP contribution in [0.3, 0.4) is 0 Å². The third kappa shape index (κ3) is 2.77. The number of rotatable bonds is 2. The van der Waals surface area contributed by atoms with Crippen molar-refractivity contribution in [1.29, 1.82) is 0 Å². The van der Waals surface area contributed by atoms with Gasteiger partial charge in [0, 0.05) is 12.4 Å². The van der Waals surface area contributed by atoms with Crippen molar-refractivity contribution in [3.63, 3.8) is 0 Å². The number of nitrogens with one attached hydrogen (secondary N) is 1. The average Bonchev–Trinajstić information content (AvgIpc) is 2.57. The zero-order valence-electron chi connectivity index (χ0n) is 7.95. The average molecular weight is 193 g/mol. The van der Waals surface area contributed by atoms with Crippen LogP contribution in [0.5, 0.6) is 0 Å². The van der Waals surface area contributed by atoms with E-state index >= 15 is 0 Å². The van der Waals surface area contributed by atoms with Gasteiger partial charge in [0.1, 0.15) is 0 Å². The van der Waals surface area contributed by atoms with Crippen molar-refractivity contribution in [2.75, 3.05) is 13.1 Å². The Labute approximate surface area is 86.0 Å². The largest absolute Gasteiger partial charge is 0.316 e. The van der Waals surface area contributed by atoms with Gasteiger partial charge in [-0.05, 0) is 38.8 Å². The van der Waals surface area contributed by atoms with Gasteiger partial charge in [0.25, 0.3) is 0 Å². The van der Waals surface area contributed by atoms with Gasteiger partial charge in [-0.1, -0.05) is 7.43 Å². The highest BCUT2D eigenvalue weighted by Gasteiger charge is 2.15. The molecule has 1 aliphatic heterocycles. The van der Waals surface area contributed by atoms with Gasteiger partial charge in [-0.2, -0.15) is 0 Å². The quantitative estimate of drug-likeness (QED) is 0.774. The molecule has 78 valence electrons. The van der Waals surface area contributed by atoms with Gasteiger partial charge in [-0.25, -0.2) is 0 Å². The van der Waals surface area contributed by atoms with Crippen molar-refractivity contribution >= 4 is 0 Å². The van der Waals surface area contributed by atoms with E-state index in [0.29, 0.717) is 0 Å². The van der Waals surface area contributed by atoms with Gasteiger partial charge < -0.3 is 5.32 Å². The van der Waals surface area contributed by atoms with Gasteiger partial charge in [-0.15, -0.1) is 0 Å². The molecule has 1 N–H and O–H groups in total. The maximum absolute atomic E-state index is 4.45. The van der Waals surface area contributed by atoms with Crippen LogP contribution in [-0.4, -0.2) is 23.1 Å². The van der Waals surface area contributed by atoms with E-state index in [1.165, 1.54) is 6.42 Å². The Balaban J connectivity index is 0.000000980. The first kappa shape index (κ1) is 11.1. The molecule has 0 saturated carbocycles. The second-order valence-corrected chi connectivity index (χ2v) is 3.71. The zero-order valence-corrected chi connectivity index (χ0v) is 7.95. The first-order chi connectivity index (χ1) is 6.34. The van der Waals surface area contributed by atoms with Crippen LogP contribution in [0.1, 0.15) is 25.2 Å². The third-order valence-corrected chi connectivity index (χ3v) is 2.47. The molecule has 0 spiro atoms. The summed E-state index contributed by atoms with van der Waals surface area (Å²) in [6, 6.07) is 0. The molecule has 1 aromatic heterocycles. The van der Waals surface area contributed by atoms with Gasteiger partial charge >= 0.3 is 0 Å². The summed E-state index contributed by atoms with van der Waals surface area (Å²) in [6.07, 6.45) is 6.03. The molecule has 0 aromatic carbocycles. The summed E-state index contributed by atoms with van der Waals surface area (Å²) in [5.74, 6) is 0.760. The molecule has 1 unspecified atom stereocenters. The molecular formula is C11H19N3. The summed E-state index contributed by atoms with van der Waals surface area (Å²) >= 11 is 0. The summed E-state index contributed by atoms with van der Waals surface area (Å²) in [7, 11) is 0. The molecule has 0 bridgehead atoms. The van der Waals surface area contributed by atoms with Gasteiger partial charge in [-0.3, -0.25) is 9.97 Å². The van der Waals surface area contributed by atoms with Crippen molar-refractivity contribution in [3.8, 4) is 0 Å². The monoisotopic (exact) mass is 193 g/mol. The van der Waals surface area contributed by atoms with E-state index in [1.54, 1.807) is 6.20 Å². The molecule has 0 amide bonds. The highest BCUT2D eigenvalue weighted by atomic mass is 14.9. The number of hydrogen-bond donors (Lipinski definition) is 1. The fraction of sp³-hybridized carbons (Fsp3) is 0.636. The first-order valence-electron chi connectivity index (χ1n) is 4.83. The first-order valence-corrected chi connectivity index (χ1v) is 4.83. The van der Waals surface area contributed by atoms with Crippen molar-refractivity contribution in [2.45, 2.75) is 27.2 Å². The van der Waals surface area contributed by atoms with Crippen molar-refractivity contribution in [3.05, 3.63) is 23.8 Å². The lowest BCUT2D eigenvalue weighted by Crippen LogP contribution is -2.11. The minimum Gasteiger partial charge on any atom is -0.316 e. The number of aromatic nitrogens is 2. The lowest BCUT2D eigenvalue weighted by molar-refractivity contribution is 0.569. The Bertz CT molecular complexity index is 280. The summed E-state index contributed by atoms with van der Waals surface area (Å²) in [4.78, 5) is 8.59. The van der Waals surface area contributed by atoms with E-state index in [9.17, 15) is 0 Å². The van der Waals surface area contributed by atoms with E-state index in [-0.39, 0.29) is 7.43 Å². The lowest BCUT2D eigenvalue weighted by atomic mass is 10.0. The molecule has 1 aromatic rings. The van der Waals surface area contributed by atoms with E-state index in [1.807, 2.05) is 13.1 Å². The summed E-state index contributed by atoms with van der Waals surface area (Å²) in [6.45, 7) is 4.28. The Morgan fingerprint density at radius 1 is 1.50 bits per heavy atom. The molecule has 3 heteroatoms. The third-order valence-electron chi connectivity index (χ3n) is 2.47. The van der Waals surface area contributed by atoms with Crippen LogP contribution < -0.4 is 5.32 Å². The topological polar surface area (TPSA) is 37.8 Å². The maximum Gasteiger partial charge on any atom is 0.0593 e. The van der Waals surface area contributed by atoms with Gasteiger partial charge in [0.05, 0.1) is 11.4 Å². The van der Waals surface area contributed by atoms with Crippen LogP contribution in [0, 0.1) is 12.8 Å². The number of nitrogens with zero attached hydrogens (tertiary/aromatic N) is 2. The predicted octanol–water partition coefficient (Wildman–Crippen LogP) is 1.57. The molecule has 3 nitrogen and oxygen atoms in total. The zero-order chi connectivity index (χ0) is 9.10. The maximum atomic E-state index is 4.45. The molecule has 2 rings (SSSR count). The van der Waals surface area contributed by atoms with Crippen LogP contribution in [-0.2, 0) is 6.42 Å². The van der Waals surface area contributed by atoms with Crippen molar-refractivity contribution in [1.82, 2.24) is 15.3 Å². The smallest absolute Gasteiger partial charge is 0.0593 e. The van der Waals surface area contributed by atoms with Gasteiger partial charge in [0.2, 0.25) is 0 Å². The normalized spacial score (nSPS) is 20.5. The highest BCUT2D eigenvalue weighted by Crippen LogP contribution is 2.12. The Morgan fingerprint density at radius 3 is 3.00 bits per heavy atom. The Hall–Kier alpha value is -0.960. The van der Waals surface area contributed by atoms with E-state index in [0.717, 1.165) is 36.8 Å². The Morgan fingerprint density at radius 2 is 2.36 bits per heavy atom. The second kappa shape index (κ2) is 5.05. The van der Waals surface area contributed by atoms with E-state index in [4.69, 9.17) is 0 Å². The van der Waals surface area contributed by atoms with E-state index < -0.39 is 0 Å². The summed E-state index contributed by atoms with van der Waals surface area (Å²) in [5, 5.41) is 3.36. The standard InChI is InChI=1S/C10H15N3.CH4/c1-8-5-12-7-10(13-8)4-9-2-3-11-6-9;/h5,7,9,11H,2-4,6H2,1H3;1H4. The fourth-order valence-electron chi connectivity index (χ4n) is 1.80.